The summed E-state index contributed by atoms with van der Waals surface area (Å²) < 4.78 is 1.99. The van der Waals surface area contributed by atoms with Crippen molar-refractivity contribution in [2.24, 2.45) is 11.7 Å². The summed E-state index contributed by atoms with van der Waals surface area (Å²) in [5, 5.41) is 11.1. The van der Waals surface area contributed by atoms with Gasteiger partial charge in [-0.3, -0.25) is 14.7 Å². The molecule has 0 saturated carbocycles. The quantitative estimate of drug-likeness (QED) is 0.719. The number of aryl methyl sites for hydroxylation is 1. The Morgan fingerprint density at radius 1 is 1.14 bits per heavy atom. The van der Waals surface area contributed by atoms with Gasteiger partial charge in [-0.15, -0.1) is 10.2 Å². The molecule has 0 unspecified atom stereocenters. The molecule has 1 aliphatic rings. The van der Waals surface area contributed by atoms with E-state index in [1.807, 2.05) is 49.6 Å². The van der Waals surface area contributed by atoms with Crippen LogP contribution in [0.4, 0.5) is 10.7 Å². The minimum absolute atomic E-state index is 0.0252. The van der Waals surface area contributed by atoms with Gasteiger partial charge in [-0.2, -0.15) is 0 Å². The van der Waals surface area contributed by atoms with Crippen molar-refractivity contribution in [2.45, 2.75) is 44.0 Å². The van der Waals surface area contributed by atoms with Gasteiger partial charge in [0.25, 0.3) is 0 Å². The first-order valence-electron chi connectivity index (χ1n) is 9.41. The molecule has 1 aliphatic heterocycles. The summed E-state index contributed by atoms with van der Waals surface area (Å²) in [5.41, 5.74) is 7.23. The zero-order valence-electron chi connectivity index (χ0n) is 16.4. The van der Waals surface area contributed by atoms with Gasteiger partial charge in [-0.1, -0.05) is 43.3 Å². The SMILES string of the molecule is Cc1ccc(-n2c(S[C@H](C(=O)NC(N)=O)C(C)C)nnc2N2CCCC2)cc1. The largest absolute Gasteiger partial charge is 0.351 e. The van der Waals surface area contributed by atoms with Gasteiger partial charge in [-0.25, -0.2) is 4.79 Å². The van der Waals surface area contributed by atoms with Gasteiger partial charge in [0.2, 0.25) is 11.9 Å². The van der Waals surface area contributed by atoms with Crippen molar-refractivity contribution in [1.29, 1.82) is 0 Å². The fraction of sp³-hybridized carbons (Fsp3) is 0.474. The second-order valence-electron chi connectivity index (χ2n) is 7.28. The van der Waals surface area contributed by atoms with E-state index in [0.29, 0.717) is 5.16 Å². The number of carbonyl (C=O) groups is 2. The van der Waals surface area contributed by atoms with Crippen molar-refractivity contribution >= 4 is 29.6 Å². The average molecular weight is 403 g/mol. The number of urea groups is 1. The summed E-state index contributed by atoms with van der Waals surface area (Å²) in [7, 11) is 0. The molecule has 3 amide bonds. The molecule has 0 spiro atoms. The van der Waals surface area contributed by atoms with E-state index in [-0.39, 0.29) is 5.92 Å². The number of aromatic nitrogens is 3. The van der Waals surface area contributed by atoms with Gasteiger partial charge >= 0.3 is 6.03 Å². The topological polar surface area (TPSA) is 106 Å². The number of hydrogen-bond acceptors (Lipinski definition) is 6. The van der Waals surface area contributed by atoms with E-state index in [1.165, 1.54) is 11.8 Å². The van der Waals surface area contributed by atoms with Crippen LogP contribution in [0, 0.1) is 12.8 Å². The molecule has 2 aromatic rings. The number of nitrogens with zero attached hydrogens (tertiary/aromatic N) is 4. The lowest BCUT2D eigenvalue weighted by Crippen LogP contribution is -2.42. The molecule has 1 saturated heterocycles. The number of amides is 3. The molecular formula is C19H26N6O2S. The van der Waals surface area contributed by atoms with E-state index < -0.39 is 17.2 Å². The van der Waals surface area contributed by atoms with Crippen LogP contribution in [0.3, 0.4) is 0 Å². The Balaban J connectivity index is 1.98. The Morgan fingerprint density at radius 2 is 1.79 bits per heavy atom. The van der Waals surface area contributed by atoms with Gasteiger partial charge in [0, 0.05) is 13.1 Å². The Bertz CT molecular complexity index is 843. The number of nitrogens with two attached hydrogens (primary N) is 1. The lowest BCUT2D eigenvalue weighted by atomic mass is 10.1. The summed E-state index contributed by atoms with van der Waals surface area (Å²) in [6.07, 6.45) is 2.25. The first-order valence-corrected chi connectivity index (χ1v) is 10.3. The lowest BCUT2D eigenvalue weighted by Gasteiger charge is -2.21. The van der Waals surface area contributed by atoms with Gasteiger partial charge in [0.1, 0.15) is 0 Å². The van der Waals surface area contributed by atoms with Crippen LogP contribution in [0.5, 0.6) is 0 Å². The molecule has 0 aliphatic carbocycles. The minimum Gasteiger partial charge on any atom is -0.351 e. The number of imide groups is 1. The maximum absolute atomic E-state index is 12.5. The molecule has 1 atom stereocenters. The highest BCUT2D eigenvalue weighted by Gasteiger charge is 2.29. The van der Waals surface area contributed by atoms with E-state index >= 15 is 0 Å². The van der Waals surface area contributed by atoms with Crippen molar-refractivity contribution in [3.8, 4) is 5.69 Å². The van der Waals surface area contributed by atoms with Crippen molar-refractivity contribution in [2.75, 3.05) is 18.0 Å². The number of primary amides is 1. The van der Waals surface area contributed by atoms with Crippen LogP contribution >= 0.6 is 11.8 Å². The van der Waals surface area contributed by atoms with E-state index in [9.17, 15) is 9.59 Å². The molecule has 9 heteroatoms. The summed E-state index contributed by atoms with van der Waals surface area (Å²) >= 11 is 1.30. The van der Waals surface area contributed by atoms with Crippen LogP contribution in [0.2, 0.25) is 0 Å². The fourth-order valence-corrected chi connectivity index (χ4v) is 4.22. The highest BCUT2D eigenvalue weighted by Crippen LogP contribution is 2.33. The summed E-state index contributed by atoms with van der Waals surface area (Å²) in [5.74, 6) is 0.332. The third-order valence-electron chi connectivity index (χ3n) is 4.64. The van der Waals surface area contributed by atoms with Crippen LogP contribution in [0.15, 0.2) is 29.4 Å². The zero-order chi connectivity index (χ0) is 20.3. The van der Waals surface area contributed by atoms with E-state index in [1.54, 1.807) is 0 Å². The molecule has 0 bridgehead atoms. The number of benzene rings is 1. The molecule has 28 heavy (non-hydrogen) atoms. The van der Waals surface area contributed by atoms with Crippen molar-refractivity contribution in [3.63, 3.8) is 0 Å². The Labute approximate surface area is 168 Å². The third-order valence-corrected chi connectivity index (χ3v) is 6.13. The van der Waals surface area contributed by atoms with Crippen molar-refractivity contribution in [3.05, 3.63) is 29.8 Å². The molecule has 150 valence electrons. The fourth-order valence-electron chi connectivity index (χ4n) is 3.18. The van der Waals surface area contributed by atoms with Crippen molar-refractivity contribution < 1.29 is 9.59 Å². The molecule has 0 radical (unpaired) electrons. The predicted octanol–water partition coefficient (Wildman–Crippen LogP) is 2.49. The van der Waals surface area contributed by atoms with E-state index in [0.717, 1.165) is 43.1 Å². The standard InChI is InChI=1S/C19H26N6O2S/c1-12(2)15(16(26)21-17(20)27)28-19-23-22-18(24-10-4-5-11-24)25(19)14-8-6-13(3)7-9-14/h6-9,12,15H,4-5,10-11H2,1-3H3,(H3,20,21,26,27)/t15-/m0/s1. The monoisotopic (exact) mass is 402 g/mol. The molecule has 1 aromatic heterocycles. The third kappa shape index (κ3) is 4.46. The second kappa shape index (κ2) is 8.64. The molecule has 8 nitrogen and oxygen atoms in total. The zero-order valence-corrected chi connectivity index (χ0v) is 17.2. The molecule has 2 heterocycles. The molecule has 1 aromatic carbocycles. The number of hydrogen-bond donors (Lipinski definition) is 2. The van der Waals surface area contributed by atoms with E-state index in [2.05, 4.69) is 20.4 Å². The second-order valence-corrected chi connectivity index (χ2v) is 8.39. The Kier molecular flexibility index (Phi) is 6.23. The maximum atomic E-state index is 12.5. The van der Waals surface area contributed by atoms with Crippen molar-refractivity contribution in [1.82, 2.24) is 20.1 Å². The van der Waals surface area contributed by atoms with Gasteiger partial charge in [0.15, 0.2) is 5.16 Å². The van der Waals surface area contributed by atoms with Crippen LogP contribution in [0.25, 0.3) is 5.69 Å². The number of rotatable bonds is 6. The molecule has 3 rings (SSSR count). The smallest absolute Gasteiger partial charge is 0.318 e. The van der Waals surface area contributed by atoms with Gasteiger partial charge < -0.3 is 10.6 Å². The number of nitrogens with one attached hydrogen (secondary N) is 1. The number of thioether (sulfide) groups is 1. The van der Waals surface area contributed by atoms with E-state index in [4.69, 9.17) is 5.73 Å². The first kappa shape index (κ1) is 20.2. The Morgan fingerprint density at radius 3 is 2.36 bits per heavy atom. The van der Waals surface area contributed by atoms with Crippen LogP contribution < -0.4 is 16.0 Å². The first-order chi connectivity index (χ1) is 13.4. The minimum atomic E-state index is -0.853. The van der Waals surface area contributed by atoms with Crippen LogP contribution in [-0.4, -0.2) is 45.0 Å². The summed E-state index contributed by atoms with van der Waals surface area (Å²) in [6, 6.07) is 7.27. The average Bonchev–Trinajstić information content (AvgIpc) is 3.28. The maximum Gasteiger partial charge on any atom is 0.318 e. The van der Waals surface area contributed by atoms with Gasteiger partial charge in [-0.05, 0) is 37.8 Å². The normalized spacial score (nSPS) is 15.1. The molecular weight excluding hydrogens is 376 g/mol. The van der Waals surface area contributed by atoms with Crippen LogP contribution in [-0.2, 0) is 4.79 Å². The highest BCUT2D eigenvalue weighted by atomic mass is 32.2. The summed E-state index contributed by atoms with van der Waals surface area (Å²) in [6.45, 7) is 7.75. The Hall–Kier alpha value is -2.55. The number of carbonyl (C=O) groups excluding carboxylic acids is 2. The lowest BCUT2D eigenvalue weighted by molar-refractivity contribution is -0.120. The van der Waals surface area contributed by atoms with Crippen LogP contribution in [0.1, 0.15) is 32.3 Å². The predicted molar refractivity (Wildman–Crippen MR) is 110 cm³/mol. The van der Waals surface area contributed by atoms with Gasteiger partial charge in [0.05, 0.1) is 10.9 Å². The summed E-state index contributed by atoms with van der Waals surface area (Å²) in [4.78, 5) is 25.8. The highest BCUT2D eigenvalue weighted by molar-refractivity contribution is 8.00. The number of anilines is 1. The molecule has 1 fully saturated rings. The molecule has 3 N–H and O–H groups in total.